The van der Waals surface area contributed by atoms with Gasteiger partial charge in [-0.05, 0) is 13.8 Å². The molecule has 0 fully saturated rings. The summed E-state index contributed by atoms with van der Waals surface area (Å²) in [5.74, 6) is 0.989. The highest BCUT2D eigenvalue weighted by molar-refractivity contribution is 7.99. The Hall–Kier alpha value is -0.220. The Balaban J connectivity index is 3.37. The Bertz CT molecular complexity index is 151. The molecule has 0 bridgehead atoms. The molecule has 1 unspecified atom stereocenters. The molecule has 4 heteroatoms. The van der Waals surface area contributed by atoms with Gasteiger partial charge in [-0.25, -0.2) is 0 Å². The minimum atomic E-state index is 0.131. The number of hydrogen-bond donors (Lipinski definition) is 2. The molecule has 0 aromatic carbocycles. The van der Waals surface area contributed by atoms with Crippen LogP contribution in [0.3, 0.4) is 0 Å². The lowest BCUT2D eigenvalue weighted by Gasteiger charge is -2.09. The second-order valence-electron chi connectivity index (χ2n) is 3.39. The lowest BCUT2D eigenvalue weighted by molar-refractivity contribution is -0.121. The van der Waals surface area contributed by atoms with E-state index >= 15 is 0 Å². The molecule has 0 saturated carbocycles. The first kappa shape index (κ1) is 12.8. The zero-order valence-electron chi connectivity index (χ0n) is 8.67. The van der Waals surface area contributed by atoms with Crippen LogP contribution in [0, 0.1) is 0 Å². The number of hydrogen-bond acceptors (Lipinski definition) is 3. The first-order chi connectivity index (χ1) is 6.06. The van der Waals surface area contributed by atoms with Gasteiger partial charge < -0.3 is 11.1 Å². The number of thioether (sulfide) groups is 1. The average Bonchev–Trinajstić information content (AvgIpc) is 2.02. The van der Waals surface area contributed by atoms with Gasteiger partial charge in [-0.15, -0.1) is 0 Å². The Kier molecular flexibility index (Phi) is 7.09. The lowest BCUT2D eigenvalue weighted by atomic mass is 10.3. The number of carbonyl (C=O) groups excluding carboxylic acids is 1. The Labute approximate surface area is 84.8 Å². The summed E-state index contributed by atoms with van der Waals surface area (Å²) in [5, 5.41) is 3.30. The van der Waals surface area contributed by atoms with Gasteiger partial charge in [0.25, 0.3) is 0 Å². The monoisotopic (exact) mass is 204 g/mol. The fourth-order valence-electron chi connectivity index (χ4n) is 0.815. The van der Waals surface area contributed by atoms with Crippen LogP contribution >= 0.6 is 11.8 Å². The highest BCUT2D eigenvalue weighted by atomic mass is 32.2. The van der Waals surface area contributed by atoms with Crippen LogP contribution in [-0.2, 0) is 4.79 Å². The number of amides is 1. The number of carbonyl (C=O) groups is 1. The maximum Gasteiger partial charge on any atom is 0.221 e. The third kappa shape index (κ3) is 8.12. The van der Waals surface area contributed by atoms with Gasteiger partial charge in [0.1, 0.15) is 0 Å². The molecule has 0 rings (SSSR count). The highest BCUT2D eigenvalue weighted by Gasteiger charge is 2.04. The van der Waals surface area contributed by atoms with E-state index in [9.17, 15) is 4.79 Å². The van der Waals surface area contributed by atoms with Gasteiger partial charge >= 0.3 is 0 Å². The van der Waals surface area contributed by atoms with Crippen molar-refractivity contribution >= 4 is 17.7 Å². The molecule has 3 nitrogen and oxygen atoms in total. The molecule has 0 aliphatic carbocycles. The smallest absolute Gasteiger partial charge is 0.221 e. The third-order valence-corrected chi connectivity index (χ3v) is 2.71. The van der Waals surface area contributed by atoms with Gasteiger partial charge in [0, 0.05) is 30.0 Å². The largest absolute Gasteiger partial charge is 0.354 e. The minimum Gasteiger partial charge on any atom is -0.354 e. The fraction of sp³-hybridized carbons (Fsp3) is 0.889. The normalized spacial score (nSPS) is 13.0. The van der Waals surface area contributed by atoms with Crippen molar-refractivity contribution in [2.24, 2.45) is 5.73 Å². The summed E-state index contributed by atoms with van der Waals surface area (Å²) in [6, 6.07) is 0.240. The number of nitrogens with two attached hydrogens (primary N) is 1. The summed E-state index contributed by atoms with van der Waals surface area (Å²) >= 11 is 1.75. The van der Waals surface area contributed by atoms with Crippen LogP contribution in [0.25, 0.3) is 0 Å². The quantitative estimate of drug-likeness (QED) is 0.678. The van der Waals surface area contributed by atoms with Crippen LogP contribution in [0.15, 0.2) is 0 Å². The molecule has 3 N–H and O–H groups in total. The van der Waals surface area contributed by atoms with Crippen LogP contribution in [0.4, 0.5) is 0 Å². The van der Waals surface area contributed by atoms with Crippen molar-refractivity contribution in [2.45, 2.75) is 38.5 Å². The van der Waals surface area contributed by atoms with Gasteiger partial charge in [0.15, 0.2) is 0 Å². The molecule has 0 aromatic heterocycles. The van der Waals surface area contributed by atoms with Gasteiger partial charge in [-0.2, -0.15) is 11.8 Å². The highest BCUT2D eigenvalue weighted by Crippen LogP contribution is 2.09. The molecule has 0 saturated heterocycles. The van der Waals surface area contributed by atoms with Gasteiger partial charge in [0.05, 0.1) is 0 Å². The summed E-state index contributed by atoms with van der Waals surface area (Å²) in [4.78, 5) is 11.2. The van der Waals surface area contributed by atoms with E-state index in [0.717, 1.165) is 5.75 Å². The first-order valence-electron chi connectivity index (χ1n) is 4.67. The molecule has 1 atom stereocenters. The van der Waals surface area contributed by atoms with Gasteiger partial charge in [-0.3, -0.25) is 4.79 Å². The number of nitrogens with one attached hydrogen (secondary N) is 1. The van der Waals surface area contributed by atoms with Crippen molar-refractivity contribution in [3.8, 4) is 0 Å². The van der Waals surface area contributed by atoms with Crippen molar-refractivity contribution in [1.29, 1.82) is 0 Å². The fourth-order valence-corrected chi connectivity index (χ4v) is 1.66. The predicted molar refractivity (Wildman–Crippen MR) is 58.9 cm³/mol. The summed E-state index contributed by atoms with van der Waals surface area (Å²) < 4.78 is 0. The minimum absolute atomic E-state index is 0.131. The van der Waals surface area contributed by atoms with Gasteiger partial charge in [0.2, 0.25) is 5.91 Å². The molecule has 0 spiro atoms. The molecule has 13 heavy (non-hydrogen) atoms. The molecular formula is C9H20N2OS. The van der Waals surface area contributed by atoms with Crippen LogP contribution in [-0.4, -0.2) is 29.5 Å². The van der Waals surface area contributed by atoms with Crippen molar-refractivity contribution in [3.05, 3.63) is 0 Å². The maximum atomic E-state index is 11.2. The van der Waals surface area contributed by atoms with Crippen LogP contribution in [0.2, 0.25) is 0 Å². The van der Waals surface area contributed by atoms with Crippen molar-refractivity contribution < 1.29 is 4.79 Å². The molecule has 0 heterocycles. The molecule has 0 aliphatic heterocycles. The van der Waals surface area contributed by atoms with Crippen LogP contribution in [0.5, 0.6) is 0 Å². The van der Waals surface area contributed by atoms with Crippen molar-refractivity contribution in [2.75, 3.05) is 12.3 Å². The van der Waals surface area contributed by atoms with E-state index in [1.807, 2.05) is 13.8 Å². The number of rotatable bonds is 6. The molecular weight excluding hydrogens is 184 g/mol. The van der Waals surface area contributed by atoms with E-state index in [-0.39, 0.29) is 11.9 Å². The first-order valence-corrected chi connectivity index (χ1v) is 5.72. The third-order valence-electron chi connectivity index (χ3n) is 1.51. The lowest BCUT2D eigenvalue weighted by Crippen LogP contribution is -2.30. The van der Waals surface area contributed by atoms with Crippen molar-refractivity contribution in [1.82, 2.24) is 5.32 Å². The molecule has 0 aromatic rings. The Morgan fingerprint density at radius 1 is 1.46 bits per heavy atom. The van der Waals surface area contributed by atoms with E-state index in [0.29, 0.717) is 18.2 Å². The summed E-state index contributed by atoms with van der Waals surface area (Å²) in [5.41, 5.74) is 5.45. The molecule has 1 amide bonds. The SMILES string of the molecule is CC(C)NC(=O)CCSC(C)CN. The van der Waals surface area contributed by atoms with E-state index in [1.54, 1.807) is 11.8 Å². The summed E-state index contributed by atoms with van der Waals surface area (Å²) in [6.45, 7) is 6.68. The summed E-state index contributed by atoms with van der Waals surface area (Å²) in [6.07, 6.45) is 0.590. The zero-order chi connectivity index (χ0) is 10.3. The van der Waals surface area contributed by atoms with E-state index < -0.39 is 0 Å². The topological polar surface area (TPSA) is 55.1 Å². The molecule has 0 aliphatic rings. The Morgan fingerprint density at radius 2 is 2.08 bits per heavy atom. The van der Waals surface area contributed by atoms with E-state index in [2.05, 4.69) is 12.2 Å². The van der Waals surface area contributed by atoms with Gasteiger partial charge in [-0.1, -0.05) is 6.92 Å². The van der Waals surface area contributed by atoms with Crippen molar-refractivity contribution in [3.63, 3.8) is 0 Å². The van der Waals surface area contributed by atoms with Crippen LogP contribution in [0.1, 0.15) is 27.2 Å². The second kappa shape index (κ2) is 7.21. The standard InChI is InChI=1S/C9H20N2OS/c1-7(2)11-9(12)4-5-13-8(3)6-10/h7-8H,4-6,10H2,1-3H3,(H,11,12). The van der Waals surface area contributed by atoms with E-state index in [1.165, 1.54) is 0 Å². The summed E-state index contributed by atoms with van der Waals surface area (Å²) in [7, 11) is 0. The van der Waals surface area contributed by atoms with Crippen LogP contribution < -0.4 is 11.1 Å². The Morgan fingerprint density at radius 3 is 2.54 bits per heavy atom. The zero-order valence-corrected chi connectivity index (χ0v) is 9.49. The predicted octanol–water partition coefficient (Wildman–Crippen LogP) is 0.981. The molecule has 78 valence electrons. The second-order valence-corrected chi connectivity index (χ2v) is 4.94. The molecule has 0 radical (unpaired) electrons. The maximum absolute atomic E-state index is 11.2. The van der Waals surface area contributed by atoms with E-state index in [4.69, 9.17) is 5.73 Å². The average molecular weight is 204 g/mol.